The number of nitrogens with zero attached hydrogens (tertiary/aromatic N) is 1. The van der Waals surface area contributed by atoms with Crippen LogP contribution >= 0.6 is 11.8 Å². The first-order valence-electron chi connectivity index (χ1n) is 5.80. The summed E-state index contributed by atoms with van der Waals surface area (Å²) in [7, 11) is 0. The van der Waals surface area contributed by atoms with E-state index >= 15 is 0 Å². The molecule has 0 radical (unpaired) electrons. The van der Waals surface area contributed by atoms with Crippen molar-refractivity contribution in [1.82, 2.24) is 10.2 Å². The number of rotatable bonds is 6. The predicted molar refractivity (Wildman–Crippen MR) is 66.1 cm³/mol. The van der Waals surface area contributed by atoms with Gasteiger partial charge in [-0.25, -0.2) is 0 Å². The van der Waals surface area contributed by atoms with E-state index in [-0.39, 0.29) is 0 Å². The first-order chi connectivity index (χ1) is 6.79. The van der Waals surface area contributed by atoms with Gasteiger partial charge in [0.25, 0.3) is 0 Å². The Hall–Kier alpha value is 0.270. The molecule has 0 unspecified atom stereocenters. The van der Waals surface area contributed by atoms with Gasteiger partial charge in [-0.1, -0.05) is 13.8 Å². The van der Waals surface area contributed by atoms with Crippen LogP contribution in [0.15, 0.2) is 0 Å². The quantitative estimate of drug-likeness (QED) is 0.680. The fraction of sp³-hybridized carbons (Fsp3) is 1.00. The van der Waals surface area contributed by atoms with Crippen LogP contribution in [-0.4, -0.2) is 49.1 Å². The highest BCUT2D eigenvalue weighted by molar-refractivity contribution is 7.99. The van der Waals surface area contributed by atoms with E-state index in [9.17, 15) is 0 Å². The average Bonchev–Trinajstić information content (AvgIpc) is 2.18. The van der Waals surface area contributed by atoms with Gasteiger partial charge in [-0.2, -0.15) is 11.8 Å². The molecular formula is C11H24N2S. The van der Waals surface area contributed by atoms with Crippen molar-refractivity contribution in [3.05, 3.63) is 0 Å². The predicted octanol–water partition coefficient (Wildman–Crippen LogP) is 1.67. The molecule has 0 spiro atoms. The van der Waals surface area contributed by atoms with Crippen LogP contribution in [-0.2, 0) is 0 Å². The number of hydrogen-bond acceptors (Lipinski definition) is 3. The van der Waals surface area contributed by atoms with Gasteiger partial charge < -0.3 is 5.32 Å². The maximum Gasteiger partial charge on any atom is 0.0108 e. The van der Waals surface area contributed by atoms with E-state index in [4.69, 9.17) is 0 Å². The molecule has 0 saturated carbocycles. The highest BCUT2D eigenvalue weighted by Gasteiger charge is 2.08. The van der Waals surface area contributed by atoms with E-state index in [1.165, 1.54) is 50.7 Å². The molecule has 1 aliphatic rings. The minimum atomic E-state index is 0.863. The van der Waals surface area contributed by atoms with Crippen molar-refractivity contribution in [3.63, 3.8) is 0 Å². The smallest absolute Gasteiger partial charge is 0.0108 e. The Morgan fingerprint density at radius 2 is 1.93 bits per heavy atom. The maximum absolute atomic E-state index is 3.38. The van der Waals surface area contributed by atoms with Crippen LogP contribution in [0, 0.1) is 5.92 Å². The van der Waals surface area contributed by atoms with Crippen molar-refractivity contribution < 1.29 is 0 Å². The van der Waals surface area contributed by atoms with Gasteiger partial charge in [-0.05, 0) is 18.1 Å². The van der Waals surface area contributed by atoms with Crippen molar-refractivity contribution in [2.24, 2.45) is 5.92 Å². The lowest BCUT2D eigenvalue weighted by molar-refractivity contribution is 0.255. The second-order valence-electron chi connectivity index (χ2n) is 4.39. The monoisotopic (exact) mass is 216 g/mol. The molecular weight excluding hydrogens is 192 g/mol. The third-order valence-corrected chi connectivity index (χ3v) is 3.60. The second kappa shape index (κ2) is 7.55. The zero-order valence-corrected chi connectivity index (χ0v) is 10.4. The normalized spacial score (nSPS) is 19.1. The minimum Gasteiger partial charge on any atom is -0.314 e. The summed E-state index contributed by atoms with van der Waals surface area (Å²) in [5.41, 5.74) is 0. The van der Waals surface area contributed by atoms with Crippen LogP contribution in [0.3, 0.4) is 0 Å². The summed E-state index contributed by atoms with van der Waals surface area (Å²) in [6, 6.07) is 0. The topological polar surface area (TPSA) is 15.3 Å². The summed E-state index contributed by atoms with van der Waals surface area (Å²) in [6.07, 6.45) is 1.37. The number of hydrogen-bond donors (Lipinski definition) is 1. The van der Waals surface area contributed by atoms with Gasteiger partial charge in [-0.15, -0.1) is 0 Å². The number of piperazine rings is 1. The Kier molecular flexibility index (Phi) is 6.65. The maximum atomic E-state index is 3.38. The molecule has 1 rings (SSSR count). The van der Waals surface area contributed by atoms with Gasteiger partial charge >= 0.3 is 0 Å². The minimum absolute atomic E-state index is 0.863. The van der Waals surface area contributed by atoms with Gasteiger partial charge in [-0.3, -0.25) is 4.90 Å². The van der Waals surface area contributed by atoms with Crippen molar-refractivity contribution in [3.8, 4) is 0 Å². The van der Waals surface area contributed by atoms with Crippen LogP contribution in [0.4, 0.5) is 0 Å². The Balaban J connectivity index is 1.87. The standard InChI is InChI=1S/C11H24N2S/c1-11(2)3-9-14-10-8-13-6-4-12-5-7-13/h11-12H,3-10H2,1-2H3. The Morgan fingerprint density at radius 1 is 1.21 bits per heavy atom. The largest absolute Gasteiger partial charge is 0.314 e. The van der Waals surface area contributed by atoms with Crippen molar-refractivity contribution in [2.75, 3.05) is 44.2 Å². The Morgan fingerprint density at radius 3 is 2.57 bits per heavy atom. The third kappa shape index (κ3) is 5.89. The second-order valence-corrected chi connectivity index (χ2v) is 5.61. The summed E-state index contributed by atoms with van der Waals surface area (Å²) in [5.74, 6) is 3.51. The van der Waals surface area contributed by atoms with Crippen LogP contribution < -0.4 is 5.32 Å². The molecule has 1 fully saturated rings. The van der Waals surface area contributed by atoms with Crippen LogP contribution in [0.2, 0.25) is 0 Å². The molecule has 0 amide bonds. The lowest BCUT2D eigenvalue weighted by atomic mass is 10.2. The van der Waals surface area contributed by atoms with Gasteiger partial charge in [0.15, 0.2) is 0 Å². The fourth-order valence-electron chi connectivity index (χ4n) is 1.55. The van der Waals surface area contributed by atoms with Crippen LogP contribution in [0.5, 0.6) is 0 Å². The van der Waals surface area contributed by atoms with Gasteiger partial charge in [0.1, 0.15) is 0 Å². The fourth-order valence-corrected chi connectivity index (χ4v) is 2.78. The lowest BCUT2D eigenvalue weighted by Crippen LogP contribution is -2.44. The zero-order valence-electron chi connectivity index (χ0n) is 9.59. The van der Waals surface area contributed by atoms with Crippen molar-refractivity contribution in [2.45, 2.75) is 20.3 Å². The van der Waals surface area contributed by atoms with E-state index in [1.54, 1.807) is 0 Å². The molecule has 0 aromatic heterocycles. The molecule has 3 heteroatoms. The number of thioether (sulfide) groups is 1. The number of nitrogens with one attached hydrogen (secondary N) is 1. The van der Waals surface area contributed by atoms with Crippen molar-refractivity contribution in [1.29, 1.82) is 0 Å². The van der Waals surface area contributed by atoms with E-state index < -0.39 is 0 Å². The molecule has 2 nitrogen and oxygen atoms in total. The molecule has 0 bridgehead atoms. The first kappa shape index (κ1) is 12.3. The summed E-state index contributed by atoms with van der Waals surface area (Å²) < 4.78 is 0. The highest BCUT2D eigenvalue weighted by atomic mass is 32.2. The average molecular weight is 216 g/mol. The zero-order chi connectivity index (χ0) is 10.2. The molecule has 1 aliphatic heterocycles. The van der Waals surface area contributed by atoms with Gasteiger partial charge in [0.05, 0.1) is 0 Å². The molecule has 1 heterocycles. The molecule has 84 valence electrons. The third-order valence-electron chi connectivity index (χ3n) is 2.60. The van der Waals surface area contributed by atoms with Gasteiger partial charge in [0.2, 0.25) is 0 Å². The van der Waals surface area contributed by atoms with E-state index in [2.05, 4.69) is 35.8 Å². The molecule has 1 saturated heterocycles. The lowest BCUT2D eigenvalue weighted by Gasteiger charge is -2.26. The van der Waals surface area contributed by atoms with Crippen LogP contribution in [0.1, 0.15) is 20.3 Å². The SMILES string of the molecule is CC(C)CCSCCN1CCNCC1. The Bertz CT molecular complexity index is 133. The first-order valence-corrected chi connectivity index (χ1v) is 6.95. The van der Waals surface area contributed by atoms with Crippen molar-refractivity contribution >= 4 is 11.8 Å². The molecule has 0 aromatic carbocycles. The molecule has 0 aromatic rings. The molecule has 1 N–H and O–H groups in total. The Labute approximate surface area is 92.8 Å². The summed E-state index contributed by atoms with van der Waals surface area (Å²) in [4.78, 5) is 2.57. The van der Waals surface area contributed by atoms with Gasteiger partial charge in [0, 0.05) is 38.5 Å². The summed E-state index contributed by atoms with van der Waals surface area (Å²) in [6.45, 7) is 10.7. The summed E-state index contributed by atoms with van der Waals surface area (Å²) >= 11 is 2.11. The van der Waals surface area contributed by atoms with Crippen LogP contribution in [0.25, 0.3) is 0 Å². The highest BCUT2D eigenvalue weighted by Crippen LogP contribution is 2.08. The van der Waals surface area contributed by atoms with E-state index in [0.29, 0.717) is 0 Å². The molecule has 0 aliphatic carbocycles. The van der Waals surface area contributed by atoms with E-state index in [1.807, 2.05) is 0 Å². The molecule has 0 atom stereocenters. The van der Waals surface area contributed by atoms with E-state index in [0.717, 1.165) is 5.92 Å². The summed E-state index contributed by atoms with van der Waals surface area (Å²) in [5, 5.41) is 3.38. The molecule has 14 heavy (non-hydrogen) atoms.